The van der Waals surface area contributed by atoms with Crippen LogP contribution in [0.1, 0.15) is 64.0 Å². The van der Waals surface area contributed by atoms with E-state index in [0.29, 0.717) is 11.5 Å². The highest BCUT2D eigenvalue weighted by Gasteiger charge is 2.26. The maximum absolute atomic E-state index is 6.09. The number of rotatable bonds is 7. The first-order valence-corrected chi connectivity index (χ1v) is 8.49. The van der Waals surface area contributed by atoms with Gasteiger partial charge in [-0.2, -0.15) is 0 Å². The van der Waals surface area contributed by atoms with Gasteiger partial charge in [-0.25, -0.2) is 0 Å². The third-order valence-corrected chi connectivity index (χ3v) is 4.55. The van der Waals surface area contributed by atoms with Gasteiger partial charge in [0.15, 0.2) is 0 Å². The fraction of sp³-hybridized carbons (Fsp3) is 0.684. The van der Waals surface area contributed by atoms with Crippen molar-refractivity contribution < 1.29 is 4.74 Å². The van der Waals surface area contributed by atoms with Crippen LogP contribution in [0.15, 0.2) is 24.3 Å². The number of hydrogen-bond donors (Lipinski definition) is 1. The number of hydrogen-bond acceptors (Lipinski definition) is 2. The van der Waals surface area contributed by atoms with Crippen LogP contribution in [0.4, 0.5) is 0 Å². The molecule has 2 nitrogen and oxygen atoms in total. The molecule has 0 heterocycles. The molecule has 1 aliphatic rings. The van der Waals surface area contributed by atoms with E-state index in [1.165, 1.54) is 43.2 Å². The van der Waals surface area contributed by atoms with Gasteiger partial charge in [-0.05, 0) is 55.2 Å². The third-order valence-electron chi connectivity index (χ3n) is 4.55. The molecule has 1 aromatic rings. The summed E-state index contributed by atoms with van der Waals surface area (Å²) in [6.07, 6.45) is 6.66. The highest BCUT2D eigenvalue weighted by molar-refractivity contribution is 5.21. The molecule has 0 radical (unpaired) electrons. The van der Waals surface area contributed by atoms with E-state index in [9.17, 15) is 0 Å². The maximum Gasteiger partial charge on any atom is 0.0720 e. The maximum atomic E-state index is 6.09. The van der Waals surface area contributed by atoms with Gasteiger partial charge in [0, 0.05) is 6.54 Å². The average molecular weight is 289 g/mol. The molecule has 118 valence electrons. The summed E-state index contributed by atoms with van der Waals surface area (Å²) >= 11 is 0. The lowest BCUT2D eigenvalue weighted by Crippen LogP contribution is -2.26. The van der Waals surface area contributed by atoms with E-state index in [1.54, 1.807) is 0 Å². The van der Waals surface area contributed by atoms with Crippen molar-refractivity contribution in [3.05, 3.63) is 35.4 Å². The number of benzene rings is 1. The number of ether oxygens (including phenoxy) is 1. The van der Waals surface area contributed by atoms with Gasteiger partial charge in [-0.15, -0.1) is 0 Å². The van der Waals surface area contributed by atoms with Crippen LogP contribution in [0.2, 0.25) is 0 Å². The van der Waals surface area contributed by atoms with Crippen molar-refractivity contribution in [2.45, 2.75) is 72.1 Å². The van der Waals surface area contributed by atoms with Gasteiger partial charge in [0.1, 0.15) is 0 Å². The molecule has 0 atom stereocenters. The first-order valence-electron chi connectivity index (χ1n) is 8.49. The van der Waals surface area contributed by atoms with E-state index in [-0.39, 0.29) is 0 Å². The first-order chi connectivity index (χ1) is 10.1. The van der Waals surface area contributed by atoms with E-state index in [1.807, 2.05) is 0 Å². The minimum absolute atomic E-state index is 0.462. The molecule has 0 saturated heterocycles. The SMILES string of the molecule is CCCNCc1ccc(COC2CCC(C)(C)CC2)cc1. The molecule has 1 aliphatic carbocycles. The Morgan fingerprint density at radius 1 is 1.10 bits per heavy atom. The lowest BCUT2D eigenvalue weighted by Gasteiger charge is -2.34. The van der Waals surface area contributed by atoms with Crippen LogP contribution in [0.3, 0.4) is 0 Å². The van der Waals surface area contributed by atoms with Crippen molar-refractivity contribution in [2.75, 3.05) is 6.54 Å². The minimum atomic E-state index is 0.462. The van der Waals surface area contributed by atoms with Crippen molar-refractivity contribution in [3.8, 4) is 0 Å². The second kappa shape index (κ2) is 7.95. The Kier molecular flexibility index (Phi) is 6.25. The highest BCUT2D eigenvalue weighted by Crippen LogP contribution is 2.36. The molecular formula is C19H31NO. The molecule has 0 spiro atoms. The van der Waals surface area contributed by atoms with E-state index in [0.717, 1.165) is 19.7 Å². The van der Waals surface area contributed by atoms with Gasteiger partial charge >= 0.3 is 0 Å². The van der Waals surface area contributed by atoms with Crippen molar-refractivity contribution in [3.63, 3.8) is 0 Å². The molecule has 1 fully saturated rings. The second-order valence-corrected chi connectivity index (χ2v) is 7.17. The summed E-state index contributed by atoms with van der Waals surface area (Å²) in [5.74, 6) is 0. The van der Waals surface area contributed by atoms with Crippen molar-refractivity contribution in [1.29, 1.82) is 0 Å². The molecule has 2 heteroatoms. The summed E-state index contributed by atoms with van der Waals surface area (Å²) in [5, 5.41) is 3.43. The molecule has 0 amide bonds. The molecule has 1 N–H and O–H groups in total. The zero-order chi connectivity index (χ0) is 15.1. The Hall–Kier alpha value is -0.860. The molecule has 0 aliphatic heterocycles. The number of nitrogens with one attached hydrogen (secondary N) is 1. The van der Waals surface area contributed by atoms with Crippen molar-refractivity contribution >= 4 is 0 Å². The normalized spacial score (nSPS) is 18.8. The summed E-state index contributed by atoms with van der Waals surface area (Å²) in [5.41, 5.74) is 3.16. The van der Waals surface area contributed by atoms with Crippen LogP contribution in [0.5, 0.6) is 0 Å². The molecule has 1 aromatic carbocycles. The van der Waals surface area contributed by atoms with E-state index >= 15 is 0 Å². The summed E-state index contributed by atoms with van der Waals surface area (Å²) in [7, 11) is 0. The lowest BCUT2D eigenvalue weighted by molar-refractivity contribution is -0.00558. The Bertz CT molecular complexity index is 400. The Morgan fingerprint density at radius 3 is 2.33 bits per heavy atom. The Morgan fingerprint density at radius 2 is 1.71 bits per heavy atom. The predicted molar refractivity (Wildman–Crippen MR) is 89.3 cm³/mol. The molecule has 0 aromatic heterocycles. The van der Waals surface area contributed by atoms with Gasteiger partial charge in [0.2, 0.25) is 0 Å². The smallest absolute Gasteiger partial charge is 0.0720 e. The fourth-order valence-corrected chi connectivity index (χ4v) is 2.92. The second-order valence-electron chi connectivity index (χ2n) is 7.17. The molecule has 0 unspecified atom stereocenters. The zero-order valence-electron chi connectivity index (χ0n) is 14.0. The van der Waals surface area contributed by atoms with E-state index in [4.69, 9.17) is 4.74 Å². The molecule has 1 saturated carbocycles. The van der Waals surface area contributed by atoms with Crippen LogP contribution in [0.25, 0.3) is 0 Å². The fourth-order valence-electron chi connectivity index (χ4n) is 2.92. The van der Waals surface area contributed by atoms with E-state index in [2.05, 4.69) is 50.4 Å². The minimum Gasteiger partial charge on any atom is -0.374 e. The Labute approximate surface area is 130 Å². The monoisotopic (exact) mass is 289 g/mol. The standard InChI is InChI=1S/C19H31NO/c1-4-13-20-14-16-5-7-17(8-6-16)15-21-18-9-11-19(2,3)12-10-18/h5-8,18,20H,4,9-15H2,1-3H3. The quantitative estimate of drug-likeness (QED) is 0.736. The Balaban J connectivity index is 1.71. The van der Waals surface area contributed by atoms with Gasteiger partial charge in [0.05, 0.1) is 12.7 Å². The van der Waals surface area contributed by atoms with Crippen LogP contribution >= 0.6 is 0 Å². The van der Waals surface area contributed by atoms with Crippen LogP contribution < -0.4 is 5.32 Å². The van der Waals surface area contributed by atoms with Crippen molar-refractivity contribution in [2.24, 2.45) is 5.41 Å². The summed E-state index contributed by atoms with van der Waals surface area (Å²) in [6, 6.07) is 8.84. The largest absolute Gasteiger partial charge is 0.374 e. The van der Waals surface area contributed by atoms with Gasteiger partial charge in [-0.1, -0.05) is 45.0 Å². The molecule has 0 bridgehead atoms. The van der Waals surface area contributed by atoms with Gasteiger partial charge in [0.25, 0.3) is 0 Å². The van der Waals surface area contributed by atoms with Gasteiger partial charge < -0.3 is 10.1 Å². The summed E-state index contributed by atoms with van der Waals surface area (Å²) in [4.78, 5) is 0. The topological polar surface area (TPSA) is 21.3 Å². The first kappa shape index (κ1) is 16.5. The van der Waals surface area contributed by atoms with Gasteiger partial charge in [-0.3, -0.25) is 0 Å². The third kappa shape index (κ3) is 5.80. The van der Waals surface area contributed by atoms with Crippen LogP contribution in [0, 0.1) is 5.41 Å². The highest BCUT2D eigenvalue weighted by atomic mass is 16.5. The predicted octanol–water partition coefficient (Wildman–Crippen LogP) is 4.67. The summed E-state index contributed by atoms with van der Waals surface area (Å²) < 4.78 is 6.09. The average Bonchev–Trinajstić information content (AvgIpc) is 2.48. The molecule has 2 rings (SSSR count). The lowest BCUT2D eigenvalue weighted by atomic mass is 9.76. The van der Waals surface area contributed by atoms with E-state index < -0.39 is 0 Å². The van der Waals surface area contributed by atoms with Crippen LogP contribution in [-0.2, 0) is 17.9 Å². The van der Waals surface area contributed by atoms with Crippen LogP contribution in [-0.4, -0.2) is 12.6 Å². The van der Waals surface area contributed by atoms with Crippen molar-refractivity contribution in [1.82, 2.24) is 5.32 Å². The summed E-state index contributed by atoms with van der Waals surface area (Å²) in [6.45, 7) is 9.74. The molecular weight excluding hydrogens is 258 g/mol. The molecule has 21 heavy (non-hydrogen) atoms. The zero-order valence-corrected chi connectivity index (χ0v) is 14.0.